The molecule has 1 aromatic heterocycles. The molecular formula is C15H21N5O3. The van der Waals surface area contributed by atoms with Gasteiger partial charge in [0.15, 0.2) is 0 Å². The van der Waals surface area contributed by atoms with Crippen molar-refractivity contribution in [3.05, 3.63) is 26.9 Å². The third kappa shape index (κ3) is 4.15. The Morgan fingerprint density at radius 3 is 2.74 bits per heavy atom. The maximum Gasteiger partial charge on any atom is 0.294 e. The summed E-state index contributed by atoms with van der Waals surface area (Å²) in [6.45, 7) is 8.21. The van der Waals surface area contributed by atoms with Crippen LogP contribution in [0.15, 0.2) is 0 Å². The SMILES string of the molecule is Cc1nc(NCCCN2CCOCC2)c(C#N)c(C)c1[N+](=O)[O-]. The molecule has 124 valence electrons. The number of ether oxygens (including phenoxy) is 1. The summed E-state index contributed by atoms with van der Waals surface area (Å²) in [4.78, 5) is 17.1. The van der Waals surface area contributed by atoms with Gasteiger partial charge in [0, 0.05) is 19.6 Å². The zero-order chi connectivity index (χ0) is 16.8. The van der Waals surface area contributed by atoms with Crippen LogP contribution in [0.3, 0.4) is 0 Å². The van der Waals surface area contributed by atoms with Gasteiger partial charge in [-0.1, -0.05) is 0 Å². The minimum Gasteiger partial charge on any atom is -0.379 e. The number of hydrogen-bond acceptors (Lipinski definition) is 7. The number of rotatable bonds is 6. The fraction of sp³-hybridized carbons (Fsp3) is 0.600. The predicted molar refractivity (Wildman–Crippen MR) is 85.4 cm³/mol. The van der Waals surface area contributed by atoms with E-state index < -0.39 is 4.92 Å². The molecule has 0 atom stereocenters. The van der Waals surface area contributed by atoms with E-state index >= 15 is 0 Å². The fourth-order valence-corrected chi connectivity index (χ4v) is 2.71. The van der Waals surface area contributed by atoms with Gasteiger partial charge < -0.3 is 10.1 Å². The Labute approximate surface area is 135 Å². The van der Waals surface area contributed by atoms with E-state index in [4.69, 9.17) is 4.74 Å². The summed E-state index contributed by atoms with van der Waals surface area (Å²) in [5.74, 6) is 0.426. The first-order valence-corrected chi connectivity index (χ1v) is 7.64. The van der Waals surface area contributed by atoms with Gasteiger partial charge in [0.1, 0.15) is 23.1 Å². The van der Waals surface area contributed by atoms with Crippen molar-refractivity contribution in [1.82, 2.24) is 9.88 Å². The van der Waals surface area contributed by atoms with Crippen LogP contribution in [0.5, 0.6) is 0 Å². The van der Waals surface area contributed by atoms with Crippen molar-refractivity contribution in [2.75, 3.05) is 44.7 Å². The minimum absolute atomic E-state index is 0.0829. The summed E-state index contributed by atoms with van der Waals surface area (Å²) in [5, 5.41) is 23.5. The summed E-state index contributed by atoms with van der Waals surface area (Å²) in [7, 11) is 0. The van der Waals surface area contributed by atoms with Crippen LogP contribution in [0.4, 0.5) is 11.5 Å². The van der Waals surface area contributed by atoms with Crippen LogP contribution in [0.25, 0.3) is 0 Å². The molecule has 2 heterocycles. The largest absolute Gasteiger partial charge is 0.379 e. The van der Waals surface area contributed by atoms with Crippen LogP contribution in [0, 0.1) is 35.3 Å². The number of anilines is 1. The Balaban J connectivity index is 1.99. The maximum absolute atomic E-state index is 11.1. The van der Waals surface area contributed by atoms with Crippen LogP contribution in [0.2, 0.25) is 0 Å². The highest BCUT2D eigenvalue weighted by molar-refractivity contribution is 5.63. The molecule has 0 unspecified atom stereocenters. The van der Waals surface area contributed by atoms with Crippen molar-refractivity contribution in [3.8, 4) is 6.07 Å². The van der Waals surface area contributed by atoms with Gasteiger partial charge in [-0.05, 0) is 26.8 Å². The quantitative estimate of drug-likeness (QED) is 0.482. The molecule has 1 N–H and O–H groups in total. The van der Waals surface area contributed by atoms with Crippen molar-refractivity contribution >= 4 is 11.5 Å². The van der Waals surface area contributed by atoms with Crippen LogP contribution in [-0.2, 0) is 4.74 Å². The summed E-state index contributed by atoms with van der Waals surface area (Å²) < 4.78 is 5.30. The number of pyridine rings is 1. The second-order valence-corrected chi connectivity index (χ2v) is 5.50. The van der Waals surface area contributed by atoms with Crippen LogP contribution < -0.4 is 5.32 Å². The number of aromatic nitrogens is 1. The predicted octanol–water partition coefficient (Wildman–Crippen LogP) is 1.61. The number of nitrogens with one attached hydrogen (secondary N) is 1. The molecule has 1 fully saturated rings. The molecule has 0 spiro atoms. The van der Waals surface area contributed by atoms with Gasteiger partial charge in [-0.15, -0.1) is 0 Å². The third-order valence-electron chi connectivity index (χ3n) is 3.93. The molecule has 0 aromatic carbocycles. The topological polar surface area (TPSA) is 104 Å². The Morgan fingerprint density at radius 2 is 2.13 bits per heavy atom. The van der Waals surface area contributed by atoms with E-state index in [-0.39, 0.29) is 11.3 Å². The molecule has 1 aliphatic rings. The van der Waals surface area contributed by atoms with Crippen molar-refractivity contribution in [2.45, 2.75) is 20.3 Å². The molecule has 1 saturated heterocycles. The summed E-state index contributed by atoms with van der Waals surface area (Å²) in [5.41, 5.74) is 0.844. The lowest BCUT2D eigenvalue weighted by molar-refractivity contribution is -0.386. The van der Waals surface area contributed by atoms with Gasteiger partial charge in [0.25, 0.3) is 5.69 Å². The summed E-state index contributed by atoms with van der Waals surface area (Å²) in [6, 6.07) is 2.02. The lowest BCUT2D eigenvalue weighted by atomic mass is 10.1. The Hall–Kier alpha value is -2.24. The summed E-state index contributed by atoms with van der Waals surface area (Å²) in [6.07, 6.45) is 0.904. The van der Waals surface area contributed by atoms with E-state index in [2.05, 4.69) is 15.2 Å². The second kappa shape index (κ2) is 7.85. The molecule has 2 rings (SSSR count). The number of aryl methyl sites for hydroxylation is 1. The van der Waals surface area contributed by atoms with E-state index in [1.807, 2.05) is 6.07 Å². The first-order chi connectivity index (χ1) is 11.0. The first-order valence-electron chi connectivity index (χ1n) is 7.64. The van der Waals surface area contributed by atoms with E-state index in [0.717, 1.165) is 39.3 Å². The highest BCUT2D eigenvalue weighted by atomic mass is 16.6. The standard InChI is InChI=1S/C15H21N5O3/c1-11-13(10-16)15(18-12(2)14(11)20(21)22)17-4-3-5-19-6-8-23-9-7-19/h3-9H2,1-2H3,(H,17,18). The zero-order valence-electron chi connectivity index (χ0n) is 13.5. The second-order valence-electron chi connectivity index (χ2n) is 5.50. The first kappa shape index (κ1) is 17.1. The molecule has 0 radical (unpaired) electrons. The van der Waals surface area contributed by atoms with Gasteiger partial charge in [-0.2, -0.15) is 5.26 Å². The molecular weight excluding hydrogens is 298 g/mol. The van der Waals surface area contributed by atoms with Crippen LogP contribution >= 0.6 is 0 Å². The molecule has 0 saturated carbocycles. The molecule has 1 aromatic rings. The molecule has 0 bridgehead atoms. The molecule has 23 heavy (non-hydrogen) atoms. The third-order valence-corrected chi connectivity index (χ3v) is 3.93. The van der Waals surface area contributed by atoms with Crippen LogP contribution in [0.1, 0.15) is 23.2 Å². The monoisotopic (exact) mass is 319 g/mol. The van der Waals surface area contributed by atoms with Crippen LogP contribution in [-0.4, -0.2) is 54.2 Å². The molecule has 0 amide bonds. The fourth-order valence-electron chi connectivity index (χ4n) is 2.71. The molecule has 1 aliphatic heterocycles. The zero-order valence-corrected chi connectivity index (χ0v) is 13.5. The molecule has 8 heteroatoms. The summed E-state index contributed by atoms with van der Waals surface area (Å²) >= 11 is 0. The maximum atomic E-state index is 11.1. The van der Waals surface area contributed by atoms with Crippen molar-refractivity contribution in [1.29, 1.82) is 5.26 Å². The minimum atomic E-state index is -0.485. The number of nitrogens with zero attached hydrogens (tertiary/aromatic N) is 4. The van der Waals surface area contributed by atoms with E-state index in [0.29, 0.717) is 23.6 Å². The van der Waals surface area contributed by atoms with Crippen molar-refractivity contribution in [3.63, 3.8) is 0 Å². The average Bonchev–Trinajstić information content (AvgIpc) is 2.52. The lowest BCUT2D eigenvalue weighted by Crippen LogP contribution is -2.37. The van der Waals surface area contributed by atoms with E-state index in [1.54, 1.807) is 13.8 Å². The average molecular weight is 319 g/mol. The highest BCUT2D eigenvalue weighted by Gasteiger charge is 2.22. The molecule has 0 aliphatic carbocycles. The van der Waals surface area contributed by atoms with Gasteiger partial charge in [0.2, 0.25) is 0 Å². The lowest BCUT2D eigenvalue weighted by Gasteiger charge is -2.26. The highest BCUT2D eigenvalue weighted by Crippen LogP contribution is 2.28. The van der Waals surface area contributed by atoms with Gasteiger partial charge in [0.05, 0.1) is 23.7 Å². The van der Waals surface area contributed by atoms with Gasteiger partial charge in [-0.25, -0.2) is 4.98 Å². The van der Waals surface area contributed by atoms with E-state index in [9.17, 15) is 15.4 Å². The van der Waals surface area contributed by atoms with Crippen molar-refractivity contribution < 1.29 is 9.66 Å². The van der Waals surface area contributed by atoms with Crippen molar-refractivity contribution in [2.24, 2.45) is 0 Å². The smallest absolute Gasteiger partial charge is 0.294 e. The number of nitriles is 1. The molecule has 8 nitrogen and oxygen atoms in total. The number of morpholine rings is 1. The Bertz CT molecular complexity index is 621. The van der Waals surface area contributed by atoms with Gasteiger partial charge >= 0.3 is 0 Å². The number of hydrogen-bond donors (Lipinski definition) is 1. The Morgan fingerprint density at radius 1 is 1.43 bits per heavy atom. The van der Waals surface area contributed by atoms with Gasteiger partial charge in [-0.3, -0.25) is 15.0 Å². The number of nitro groups is 1. The van der Waals surface area contributed by atoms with E-state index in [1.165, 1.54) is 0 Å². The normalized spacial score (nSPS) is 15.2. The Kier molecular flexibility index (Phi) is 5.84.